The Balaban J connectivity index is 0.000000845. The van der Waals surface area contributed by atoms with Gasteiger partial charge < -0.3 is 4.74 Å². The van der Waals surface area contributed by atoms with E-state index < -0.39 is 0 Å². The molecule has 0 saturated carbocycles. The second-order valence-corrected chi connectivity index (χ2v) is 3.14. The van der Waals surface area contributed by atoms with Crippen LogP contribution in [0.5, 0.6) is 5.75 Å². The van der Waals surface area contributed by atoms with E-state index in [1.54, 1.807) is 6.20 Å². The van der Waals surface area contributed by atoms with E-state index in [2.05, 4.69) is 4.98 Å². The van der Waals surface area contributed by atoms with Gasteiger partial charge in [-0.1, -0.05) is 0 Å². The molecule has 1 aromatic heterocycles. The molecule has 2 heterocycles. The minimum absolute atomic E-state index is 0. The molecule has 0 unspecified atom stereocenters. The van der Waals surface area contributed by atoms with Crippen molar-refractivity contribution in [1.82, 2.24) is 4.98 Å². The number of rotatable bonds is 1. The van der Waals surface area contributed by atoms with Crippen LogP contribution < -0.4 is 4.74 Å². The van der Waals surface area contributed by atoms with Crippen molar-refractivity contribution >= 4 is 24.0 Å². The van der Waals surface area contributed by atoms with Gasteiger partial charge in [-0.25, -0.2) is 0 Å². The monoisotopic (exact) mass is 219 g/mol. The summed E-state index contributed by atoms with van der Waals surface area (Å²) in [6.07, 6.45) is 3.95. The van der Waals surface area contributed by atoms with Crippen molar-refractivity contribution in [2.45, 2.75) is 18.7 Å². The normalized spacial score (nSPS) is 13.9. The number of alkyl halides is 1. The maximum Gasteiger partial charge on any atom is 0.140 e. The van der Waals surface area contributed by atoms with Crippen LogP contribution in [0.3, 0.4) is 0 Å². The largest absolute Gasteiger partial charge is 0.492 e. The lowest BCUT2D eigenvalue weighted by Gasteiger charge is -2.16. The Hall–Kier alpha value is -0.470. The maximum atomic E-state index is 5.67. The van der Waals surface area contributed by atoms with Crippen molar-refractivity contribution in [3.05, 3.63) is 23.5 Å². The molecule has 1 aliphatic heterocycles. The molecule has 0 aromatic carbocycles. The first kappa shape index (κ1) is 10.6. The lowest BCUT2D eigenvalue weighted by atomic mass is 10.1. The quantitative estimate of drug-likeness (QED) is 0.678. The minimum Gasteiger partial charge on any atom is -0.492 e. The van der Waals surface area contributed by atoms with Gasteiger partial charge in [0.25, 0.3) is 0 Å². The molecule has 0 atom stereocenters. The van der Waals surface area contributed by atoms with E-state index in [0.717, 1.165) is 30.9 Å². The first-order valence-corrected chi connectivity index (χ1v) is 4.60. The van der Waals surface area contributed by atoms with Gasteiger partial charge in [0.1, 0.15) is 5.75 Å². The van der Waals surface area contributed by atoms with Gasteiger partial charge in [0, 0.05) is 0 Å². The van der Waals surface area contributed by atoms with Gasteiger partial charge in [0.05, 0.1) is 24.4 Å². The van der Waals surface area contributed by atoms with Gasteiger partial charge in [-0.15, -0.1) is 24.0 Å². The second kappa shape index (κ2) is 4.68. The summed E-state index contributed by atoms with van der Waals surface area (Å²) < 4.78 is 5.42. The van der Waals surface area contributed by atoms with Crippen LogP contribution in [0.25, 0.3) is 0 Å². The molecule has 0 aliphatic carbocycles. The number of halogens is 2. The van der Waals surface area contributed by atoms with Crippen LogP contribution in [0.15, 0.2) is 12.3 Å². The van der Waals surface area contributed by atoms with Crippen molar-refractivity contribution in [1.29, 1.82) is 0 Å². The molecule has 0 bridgehead atoms. The molecule has 0 radical (unpaired) electrons. The van der Waals surface area contributed by atoms with Crippen molar-refractivity contribution in [3.63, 3.8) is 0 Å². The van der Waals surface area contributed by atoms with Gasteiger partial charge in [-0.05, 0) is 24.5 Å². The van der Waals surface area contributed by atoms with Gasteiger partial charge in [-0.3, -0.25) is 4.98 Å². The van der Waals surface area contributed by atoms with Crippen LogP contribution in [-0.2, 0) is 12.3 Å². The molecular weight excluding hydrogens is 209 g/mol. The Labute approximate surface area is 88.7 Å². The lowest BCUT2D eigenvalue weighted by molar-refractivity contribution is 0.287. The number of aromatic nitrogens is 1. The van der Waals surface area contributed by atoms with E-state index in [0.29, 0.717) is 5.88 Å². The zero-order valence-corrected chi connectivity index (χ0v) is 8.70. The summed E-state index contributed by atoms with van der Waals surface area (Å²) in [4.78, 5) is 4.15. The summed E-state index contributed by atoms with van der Waals surface area (Å²) in [5.74, 6) is 1.41. The van der Waals surface area contributed by atoms with Gasteiger partial charge in [0.2, 0.25) is 0 Å². The van der Waals surface area contributed by atoms with Crippen molar-refractivity contribution < 1.29 is 4.74 Å². The maximum absolute atomic E-state index is 5.67. The molecule has 13 heavy (non-hydrogen) atoms. The number of hydrogen-bond donors (Lipinski definition) is 0. The molecule has 2 nitrogen and oxygen atoms in total. The van der Waals surface area contributed by atoms with E-state index in [1.165, 1.54) is 5.56 Å². The van der Waals surface area contributed by atoms with Crippen LogP contribution in [-0.4, -0.2) is 11.6 Å². The topological polar surface area (TPSA) is 22.1 Å². The highest BCUT2D eigenvalue weighted by Gasteiger charge is 2.10. The molecule has 1 aliphatic rings. The molecule has 0 N–H and O–H groups in total. The number of aryl methyl sites for hydroxylation is 1. The Morgan fingerprint density at radius 2 is 2.38 bits per heavy atom. The first-order chi connectivity index (χ1) is 5.90. The average molecular weight is 220 g/mol. The Morgan fingerprint density at radius 1 is 1.54 bits per heavy atom. The lowest BCUT2D eigenvalue weighted by Crippen LogP contribution is -2.09. The fourth-order valence-electron chi connectivity index (χ4n) is 1.38. The van der Waals surface area contributed by atoms with E-state index in [1.807, 2.05) is 6.07 Å². The fraction of sp³-hybridized carbons (Fsp3) is 0.444. The Morgan fingerprint density at radius 3 is 3.15 bits per heavy atom. The molecule has 0 fully saturated rings. The third-order valence-corrected chi connectivity index (χ3v) is 2.26. The minimum atomic E-state index is 0. The van der Waals surface area contributed by atoms with Crippen molar-refractivity contribution in [2.24, 2.45) is 0 Å². The van der Waals surface area contributed by atoms with E-state index in [4.69, 9.17) is 16.3 Å². The molecular formula is C9H11Cl2NO. The van der Waals surface area contributed by atoms with E-state index in [9.17, 15) is 0 Å². The highest BCUT2D eigenvalue weighted by Crippen LogP contribution is 2.24. The Kier molecular flexibility index (Phi) is 3.82. The van der Waals surface area contributed by atoms with E-state index >= 15 is 0 Å². The summed E-state index contributed by atoms with van der Waals surface area (Å²) in [6, 6.07) is 2.03. The number of fused-ring (bicyclic) bond motifs is 1. The second-order valence-electron chi connectivity index (χ2n) is 2.87. The summed E-state index contributed by atoms with van der Waals surface area (Å²) in [5.41, 5.74) is 2.17. The molecule has 0 saturated heterocycles. The summed E-state index contributed by atoms with van der Waals surface area (Å²) in [6.45, 7) is 0.814. The zero-order chi connectivity index (χ0) is 8.39. The highest BCUT2D eigenvalue weighted by molar-refractivity contribution is 6.16. The number of pyridine rings is 1. The molecule has 0 amide bonds. The third-order valence-electron chi connectivity index (χ3n) is 1.99. The Bertz CT molecular complexity index is 291. The van der Waals surface area contributed by atoms with Gasteiger partial charge >= 0.3 is 0 Å². The molecule has 72 valence electrons. The van der Waals surface area contributed by atoms with Crippen LogP contribution in [0.4, 0.5) is 0 Å². The van der Waals surface area contributed by atoms with Crippen LogP contribution in [0, 0.1) is 0 Å². The van der Waals surface area contributed by atoms with Crippen LogP contribution in [0.1, 0.15) is 17.7 Å². The average Bonchev–Trinajstić information content (AvgIpc) is 2.17. The van der Waals surface area contributed by atoms with Crippen molar-refractivity contribution in [3.8, 4) is 5.75 Å². The van der Waals surface area contributed by atoms with Crippen LogP contribution in [0.2, 0.25) is 0 Å². The van der Waals surface area contributed by atoms with E-state index in [-0.39, 0.29) is 12.4 Å². The standard InChI is InChI=1S/C9H10ClNO.ClH/c10-5-8-4-7-2-1-3-12-9(7)6-11-8;/h4,6H,1-3,5H2;1H. The van der Waals surface area contributed by atoms with Crippen molar-refractivity contribution in [2.75, 3.05) is 6.61 Å². The smallest absolute Gasteiger partial charge is 0.140 e. The summed E-state index contributed by atoms with van der Waals surface area (Å²) in [5, 5.41) is 0. The summed E-state index contributed by atoms with van der Waals surface area (Å²) in [7, 11) is 0. The number of nitrogens with zero attached hydrogens (tertiary/aromatic N) is 1. The highest BCUT2D eigenvalue weighted by atomic mass is 35.5. The molecule has 0 spiro atoms. The number of hydrogen-bond acceptors (Lipinski definition) is 2. The SMILES string of the molecule is Cl.ClCc1cc2c(cn1)OCCC2. The van der Waals surface area contributed by atoms with Gasteiger partial charge in [-0.2, -0.15) is 0 Å². The molecule has 4 heteroatoms. The predicted octanol–water partition coefficient (Wildman–Crippen LogP) is 2.57. The number of ether oxygens (including phenoxy) is 1. The van der Waals surface area contributed by atoms with Gasteiger partial charge in [0.15, 0.2) is 0 Å². The molecule has 1 aromatic rings. The fourth-order valence-corrected chi connectivity index (χ4v) is 1.52. The first-order valence-electron chi connectivity index (χ1n) is 4.06. The third kappa shape index (κ3) is 2.26. The zero-order valence-electron chi connectivity index (χ0n) is 7.12. The summed E-state index contributed by atoms with van der Waals surface area (Å²) >= 11 is 5.67. The molecule has 2 rings (SSSR count). The predicted molar refractivity (Wildman–Crippen MR) is 54.9 cm³/mol. The van der Waals surface area contributed by atoms with Crippen LogP contribution >= 0.6 is 24.0 Å².